The van der Waals surface area contributed by atoms with Gasteiger partial charge in [-0.3, -0.25) is 0 Å². The van der Waals surface area contributed by atoms with Crippen molar-refractivity contribution in [3.63, 3.8) is 0 Å². The third kappa shape index (κ3) is 1.84. The molecule has 21 heavy (non-hydrogen) atoms. The summed E-state index contributed by atoms with van der Waals surface area (Å²) < 4.78 is 0. The fraction of sp³-hybridized carbons (Fsp3) is 0.895. The van der Waals surface area contributed by atoms with Crippen LogP contribution in [0.15, 0.2) is 11.6 Å². The minimum Gasteiger partial charge on any atom is -0.393 e. The van der Waals surface area contributed by atoms with E-state index < -0.39 is 0 Å². The van der Waals surface area contributed by atoms with Crippen molar-refractivity contribution in [1.82, 2.24) is 0 Å². The monoisotopic (exact) mass is 290 g/mol. The smallest absolute Gasteiger partial charge is 0.0596 e. The van der Waals surface area contributed by atoms with Crippen molar-refractivity contribution in [2.75, 3.05) is 0 Å². The zero-order valence-electron chi connectivity index (χ0n) is 13.5. The molecule has 0 aromatic rings. The van der Waals surface area contributed by atoms with Gasteiger partial charge in [0.05, 0.1) is 12.2 Å². The van der Waals surface area contributed by atoms with E-state index in [-0.39, 0.29) is 17.6 Å². The van der Waals surface area contributed by atoms with Crippen molar-refractivity contribution in [1.29, 1.82) is 0 Å². The Morgan fingerprint density at radius 2 is 1.81 bits per heavy atom. The molecule has 2 nitrogen and oxygen atoms in total. The molecule has 3 saturated carbocycles. The topological polar surface area (TPSA) is 40.5 Å². The van der Waals surface area contributed by atoms with E-state index in [4.69, 9.17) is 0 Å². The summed E-state index contributed by atoms with van der Waals surface area (Å²) in [6.07, 6.45) is 11.2. The molecule has 0 amide bonds. The van der Waals surface area contributed by atoms with Crippen molar-refractivity contribution < 1.29 is 10.2 Å². The van der Waals surface area contributed by atoms with Crippen molar-refractivity contribution >= 4 is 0 Å². The van der Waals surface area contributed by atoms with E-state index >= 15 is 0 Å². The molecule has 4 aliphatic rings. The highest BCUT2D eigenvalue weighted by molar-refractivity contribution is 5.25. The Hall–Kier alpha value is -0.340. The maximum absolute atomic E-state index is 10.5. The number of hydrogen-bond acceptors (Lipinski definition) is 2. The summed E-state index contributed by atoms with van der Waals surface area (Å²) in [5, 5.41) is 20.5. The number of aliphatic hydroxyl groups excluding tert-OH is 2. The SMILES string of the molecule is CC12CCC(O)CC1=CCC1C2CCC2(C)C1CC[C@@H]2O. The molecule has 2 N–H and O–H groups in total. The molecular weight excluding hydrogens is 260 g/mol. The lowest BCUT2D eigenvalue weighted by Gasteiger charge is -2.57. The highest BCUT2D eigenvalue weighted by Crippen LogP contribution is 2.64. The van der Waals surface area contributed by atoms with Crippen LogP contribution in [0.2, 0.25) is 0 Å². The summed E-state index contributed by atoms with van der Waals surface area (Å²) in [6, 6.07) is 0. The molecular formula is C19H30O2. The molecule has 0 saturated heterocycles. The number of hydrogen-bond donors (Lipinski definition) is 2. The fourth-order valence-electron chi connectivity index (χ4n) is 6.61. The van der Waals surface area contributed by atoms with Crippen LogP contribution in [-0.4, -0.2) is 22.4 Å². The summed E-state index contributed by atoms with van der Waals surface area (Å²) in [7, 11) is 0. The zero-order chi connectivity index (χ0) is 14.8. The van der Waals surface area contributed by atoms with Crippen molar-refractivity contribution in [2.24, 2.45) is 28.6 Å². The lowest BCUT2D eigenvalue weighted by atomic mass is 9.48. The van der Waals surface area contributed by atoms with Crippen molar-refractivity contribution in [3.8, 4) is 0 Å². The van der Waals surface area contributed by atoms with E-state index in [0.717, 1.165) is 37.5 Å². The minimum atomic E-state index is -0.108. The Morgan fingerprint density at radius 3 is 2.62 bits per heavy atom. The Bertz CT molecular complexity index is 470. The molecule has 0 aromatic heterocycles. The quantitative estimate of drug-likeness (QED) is 0.668. The van der Waals surface area contributed by atoms with Crippen LogP contribution in [0.5, 0.6) is 0 Å². The van der Waals surface area contributed by atoms with Gasteiger partial charge in [0.2, 0.25) is 0 Å². The maximum Gasteiger partial charge on any atom is 0.0596 e. The Kier molecular flexibility index (Phi) is 3.11. The Balaban J connectivity index is 1.68. The predicted octanol–water partition coefficient (Wildman–Crippen LogP) is 3.67. The predicted molar refractivity (Wildman–Crippen MR) is 83.7 cm³/mol. The number of allylic oxidation sites excluding steroid dienone is 1. The first-order chi connectivity index (χ1) is 9.95. The molecule has 6 unspecified atom stereocenters. The fourth-order valence-corrected chi connectivity index (χ4v) is 6.61. The van der Waals surface area contributed by atoms with Gasteiger partial charge >= 0.3 is 0 Å². The third-order valence-electron chi connectivity index (χ3n) is 8.03. The van der Waals surface area contributed by atoms with Crippen LogP contribution in [0.1, 0.15) is 65.2 Å². The van der Waals surface area contributed by atoms with E-state index in [1.807, 2.05) is 0 Å². The molecule has 0 spiro atoms. The Labute approximate surface area is 128 Å². The van der Waals surface area contributed by atoms with Crippen LogP contribution in [0.25, 0.3) is 0 Å². The summed E-state index contributed by atoms with van der Waals surface area (Å²) in [6.45, 7) is 4.81. The second-order valence-corrected chi connectivity index (χ2v) is 8.79. The van der Waals surface area contributed by atoms with E-state index in [1.54, 1.807) is 5.57 Å². The standard InChI is InChI=1S/C19H30O2/c1-18-9-7-13(20)11-12(18)3-4-14-15-5-6-17(21)19(15,2)10-8-16(14)18/h3,13-17,20-21H,4-11H2,1-2H3/t13?,14?,15?,16?,17-,18?,19?/m0/s1. The van der Waals surface area contributed by atoms with Gasteiger partial charge in [-0.1, -0.05) is 25.5 Å². The highest BCUT2D eigenvalue weighted by Gasteiger charge is 2.58. The first kappa shape index (κ1) is 14.3. The second-order valence-electron chi connectivity index (χ2n) is 8.79. The number of rotatable bonds is 0. The molecule has 0 radical (unpaired) electrons. The van der Waals surface area contributed by atoms with E-state index in [1.165, 1.54) is 25.7 Å². The molecule has 4 rings (SSSR count). The van der Waals surface area contributed by atoms with Gasteiger partial charge < -0.3 is 10.2 Å². The summed E-state index contributed by atoms with van der Waals surface area (Å²) in [5.74, 6) is 2.27. The van der Waals surface area contributed by atoms with Crippen LogP contribution in [0.4, 0.5) is 0 Å². The first-order valence-corrected chi connectivity index (χ1v) is 9.01. The minimum absolute atomic E-state index is 0.0742. The number of fused-ring (bicyclic) bond motifs is 5. The molecule has 0 heterocycles. The summed E-state index contributed by atoms with van der Waals surface area (Å²) >= 11 is 0. The van der Waals surface area contributed by atoms with Crippen molar-refractivity contribution in [3.05, 3.63) is 11.6 Å². The van der Waals surface area contributed by atoms with Crippen LogP contribution >= 0.6 is 0 Å². The van der Waals surface area contributed by atoms with Gasteiger partial charge in [-0.05, 0) is 80.0 Å². The first-order valence-electron chi connectivity index (χ1n) is 9.01. The molecule has 4 aliphatic carbocycles. The number of aliphatic hydroxyl groups is 2. The second kappa shape index (κ2) is 4.58. The molecule has 0 aromatic carbocycles. The van der Waals surface area contributed by atoms with Crippen LogP contribution < -0.4 is 0 Å². The molecule has 0 aliphatic heterocycles. The maximum atomic E-state index is 10.5. The molecule has 3 fully saturated rings. The highest BCUT2D eigenvalue weighted by atomic mass is 16.3. The van der Waals surface area contributed by atoms with E-state index in [2.05, 4.69) is 19.9 Å². The van der Waals surface area contributed by atoms with Crippen molar-refractivity contribution in [2.45, 2.75) is 77.4 Å². The van der Waals surface area contributed by atoms with Gasteiger partial charge in [0, 0.05) is 0 Å². The molecule has 2 heteroatoms. The van der Waals surface area contributed by atoms with Crippen LogP contribution in [0, 0.1) is 28.6 Å². The van der Waals surface area contributed by atoms with Gasteiger partial charge in [-0.15, -0.1) is 0 Å². The zero-order valence-corrected chi connectivity index (χ0v) is 13.5. The summed E-state index contributed by atoms with van der Waals surface area (Å²) in [5.41, 5.74) is 2.05. The van der Waals surface area contributed by atoms with Gasteiger partial charge in [0.25, 0.3) is 0 Å². The van der Waals surface area contributed by atoms with Gasteiger partial charge in [0.1, 0.15) is 0 Å². The normalized spacial score (nSPS) is 56.2. The lowest BCUT2D eigenvalue weighted by Crippen LogP contribution is -2.51. The van der Waals surface area contributed by atoms with E-state index in [9.17, 15) is 10.2 Å². The van der Waals surface area contributed by atoms with Gasteiger partial charge in [-0.2, -0.15) is 0 Å². The van der Waals surface area contributed by atoms with Gasteiger partial charge in [0.15, 0.2) is 0 Å². The molecule has 0 bridgehead atoms. The van der Waals surface area contributed by atoms with E-state index in [0.29, 0.717) is 11.3 Å². The Morgan fingerprint density at radius 1 is 1.00 bits per heavy atom. The lowest BCUT2D eigenvalue weighted by molar-refractivity contribution is -0.0711. The van der Waals surface area contributed by atoms with Crippen LogP contribution in [0.3, 0.4) is 0 Å². The molecule has 7 atom stereocenters. The summed E-state index contributed by atoms with van der Waals surface area (Å²) in [4.78, 5) is 0. The van der Waals surface area contributed by atoms with Crippen LogP contribution in [-0.2, 0) is 0 Å². The van der Waals surface area contributed by atoms with Gasteiger partial charge in [-0.25, -0.2) is 0 Å². The average Bonchev–Trinajstić information content (AvgIpc) is 2.76. The third-order valence-corrected chi connectivity index (χ3v) is 8.03. The largest absolute Gasteiger partial charge is 0.393 e. The molecule has 118 valence electrons. The average molecular weight is 290 g/mol.